The smallest absolute Gasteiger partial charge is 0.253 e. The van der Waals surface area contributed by atoms with Crippen LogP contribution in [0.4, 0.5) is 5.69 Å². The van der Waals surface area contributed by atoms with Crippen molar-refractivity contribution in [3.05, 3.63) is 63.6 Å². The topological polar surface area (TPSA) is 52.6 Å². The number of carbonyl (C=O) groups is 2. The molecule has 0 unspecified atom stereocenters. The highest BCUT2D eigenvalue weighted by molar-refractivity contribution is 6.36. The van der Waals surface area contributed by atoms with Crippen LogP contribution in [-0.4, -0.2) is 44.4 Å². The molecule has 2 aromatic rings. The molecule has 0 bridgehead atoms. The number of rotatable bonds is 6. The maximum Gasteiger partial charge on any atom is 0.253 e. The van der Waals surface area contributed by atoms with Gasteiger partial charge in [-0.15, -0.1) is 0 Å². The monoisotopic (exact) mass is 393 g/mol. The van der Waals surface area contributed by atoms with E-state index in [4.69, 9.17) is 23.2 Å². The molecule has 2 rings (SSSR count). The van der Waals surface area contributed by atoms with Crippen molar-refractivity contribution < 1.29 is 9.59 Å². The number of benzene rings is 2. The molecule has 1 N–H and O–H groups in total. The van der Waals surface area contributed by atoms with Crippen LogP contribution in [0.3, 0.4) is 0 Å². The minimum absolute atomic E-state index is 0.107. The van der Waals surface area contributed by atoms with E-state index >= 15 is 0 Å². The lowest BCUT2D eigenvalue weighted by atomic mass is 10.2. The molecule has 0 aliphatic heterocycles. The molecular formula is C19H21Cl2N3O2. The minimum atomic E-state index is -0.413. The van der Waals surface area contributed by atoms with Gasteiger partial charge in [-0.2, -0.15) is 0 Å². The van der Waals surface area contributed by atoms with Gasteiger partial charge in [0.1, 0.15) is 0 Å². The summed E-state index contributed by atoms with van der Waals surface area (Å²) in [6.45, 7) is 0.355. The summed E-state index contributed by atoms with van der Waals surface area (Å²) in [4.78, 5) is 28.0. The Morgan fingerprint density at radius 1 is 1.00 bits per heavy atom. The first kappa shape index (κ1) is 20.1. The largest absolute Gasteiger partial charge is 0.378 e. The van der Waals surface area contributed by atoms with Gasteiger partial charge in [-0.3, -0.25) is 9.59 Å². The molecule has 0 saturated heterocycles. The molecule has 2 amide bonds. The van der Waals surface area contributed by atoms with Gasteiger partial charge in [-0.05, 0) is 35.9 Å². The Morgan fingerprint density at radius 2 is 1.65 bits per heavy atom. The third kappa shape index (κ3) is 5.38. The van der Waals surface area contributed by atoms with E-state index in [1.165, 1.54) is 12.1 Å². The summed E-state index contributed by atoms with van der Waals surface area (Å²) in [5.41, 5.74) is 2.39. The highest BCUT2D eigenvalue weighted by Gasteiger charge is 2.14. The van der Waals surface area contributed by atoms with E-state index in [2.05, 4.69) is 5.32 Å². The molecule has 7 heteroatoms. The SMILES string of the molecule is CN(Cc1ccc(N(C)C)cc1)C(=O)CNC(=O)c1ccc(Cl)cc1Cl. The van der Waals surface area contributed by atoms with Crippen molar-refractivity contribution in [2.45, 2.75) is 6.54 Å². The Morgan fingerprint density at radius 3 is 2.23 bits per heavy atom. The summed E-state index contributed by atoms with van der Waals surface area (Å²) in [6.07, 6.45) is 0. The van der Waals surface area contributed by atoms with E-state index in [1.807, 2.05) is 43.3 Å². The zero-order chi connectivity index (χ0) is 19.3. The van der Waals surface area contributed by atoms with Gasteiger partial charge in [0, 0.05) is 38.4 Å². The van der Waals surface area contributed by atoms with E-state index < -0.39 is 5.91 Å². The van der Waals surface area contributed by atoms with E-state index in [0.29, 0.717) is 11.6 Å². The van der Waals surface area contributed by atoms with Gasteiger partial charge in [0.25, 0.3) is 5.91 Å². The van der Waals surface area contributed by atoms with Crippen molar-refractivity contribution in [3.8, 4) is 0 Å². The molecule has 0 saturated carbocycles. The van der Waals surface area contributed by atoms with Crippen LogP contribution < -0.4 is 10.2 Å². The second kappa shape index (κ2) is 8.92. The number of likely N-dealkylation sites (N-methyl/N-ethyl adjacent to an activating group) is 1. The van der Waals surface area contributed by atoms with Gasteiger partial charge in [0.2, 0.25) is 5.91 Å². The summed E-state index contributed by atoms with van der Waals surface area (Å²) < 4.78 is 0. The standard InChI is InChI=1S/C19H21Cl2N3O2/c1-23(2)15-7-4-13(5-8-15)12-24(3)18(25)11-22-19(26)16-9-6-14(20)10-17(16)21/h4-10H,11-12H2,1-3H3,(H,22,26). The molecule has 2 aromatic carbocycles. The van der Waals surface area contributed by atoms with Crippen molar-refractivity contribution in [1.29, 1.82) is 0 Å². The predicted octanol–water partition coefficient (Wildman–Crippen LogP) is 3.45. The number of anilines is 1. The highest BCUT2D eigenvalue weighted by atomic mass is 35.5. The second-order valence-corrected chi connectivity index (χ2v) is 6.96. The van der Waals surface area contributed by atoms with Crippen LogP contribution in [-0.2, 0) is 11.3 Å². The Hall–Kier alpha value is -2.24. The maximum absolute atomic E-state index is 12.2. The average Bonchev–Trinajstić information content (AvgIpc) is 2.59. The average molecular weight is 394 g/mol. The number of carbonyl (C=O) groups excluding carboxylic acids is 2. The van der Waals surface area contributed by atoms with Crippen molar-refractivity contribution in [2.24, 2.45) is 0 Å². The lowest BCUT2D eigenvalue weighted by Gasteiger charge is -2.19. The molecule has 26 heavy (non-hydrogen) atoms. The Bertz CT molecular complexity index is 792. The van der Waals surface area contributed by atoms with E-state index in [1.54, 1.807) is 18.0 Å². The molecule has 0 radical (unpaired) electrons. The fourth-order valence-corrected chi connectivity index (χ4v) is 2.82. The third-order valence-electron chi connectivity index (χ3n) is 3.87. The van der Waals surface area contributed by atoms with E-state index in [9.17, 15) is 9.59 Å². The molecule has 0 aliphatic rings. The quantitative estimate of drug-likeness (QED) is 0.817. The molecule has 0 atom stereocenters. The first-order valence-electron chi connectivity index (χ1n) is 8.01. The zero-order valence-corrected chi connectivity index (χ0v) is 16.4. The van der Waals surface area contributed by atoms with E-state index in [-0.39, 0.29) is 23.0 Å². The van der Waals surface area contributed by atoms with E-state index in [0.717, 1.165) is 11.3 Å². The fraction of sp³-hybridized carbons (Fsp3) is 0.263. The molecule has 138 valence electrons. The molecule has 0 spiro atoms. The predicted molar refractivity (Wildman–Crippen MR) is 106 cm³/mol. The first-order chi connectivity index (χ1) is 12.3. The van der Waals surface area contributed by atoms with Crippen LogP contribution in [0.1, 0.15) is 15.9 Å². The van der Waals surface area contributed by atoms with Gasteiger partial charge in [0.15, 0.2) is 0 Å². The molecule has 0 aliphatic carbocycles. The number of hydrogen-bond acceptors (Lipinski definition) is 3. The number of hydrogen-bond donors (Lipinski definition) is 1. The molecule has 5 nitrogen and oxygen atoms in total. The first-order valence-corrected chi connectivity index (χ1v) is 8.77. The Kier molecular flexibility index (Phi) is 6.89. The lowest BCUT2D eigenvalue weighted by Crippen LogP contribution is -2.37. The second-order valence-electron chi connectivity index (χ2n) is 6.12. The van der Waals surface area contributed by atoms with Crippen LogP contribution in [0, 0.1) is 0 Å². The number of amides is 2. The fourth-order valence-electron chi connectivity index (χ4n) is 2.32. The van der Waals surface area contributed by atoms with Crippen LogP contribution in [0.5, 0.6) is 0 Å². The van der Waals surface area contributed by atoms with Crippen molar-refractivity contribution in [3.63, 3.8) is 0 Å². The van der Waals surface area contributed by atoms with Crippen LogP contribution in [0.25, 0.3) is 0 Å². The van der Waals surface area contributed by atoms with Crippen LogP contribution in [0.2, 0.25) is 10.0 Å². The van der Waals surface area contributed by atoms with Crippen molar-refractivity contribution >= 4 is 40.7 Å². The zero-order valence-electron chi connectivity index (χ0n) is 14.9. The van der Waals surface area contributed by atoms with Gasteiger partial charge >= 0.3 is 0 Å². The highest BCUT2D eigenvalue weighted by Crippen LogP contribution is 2.20. The molecular weight excluding hydrogens is 373 g/mol. The molecule has 0 heterocycles. The summed E-state index contributed by atoms with van der Waals surface area (Å²) >= 11 is 11.8. The van der Waals surface area contributed by atoms with Crippen molar-refractivity contribution in [2.75, 3.05) is 32.6 Å². The maximum atomic E-state index is 12.2. The summed E-state index contributed by atoms with van der Waals surface area (Å²) in [6, 6.07) is 12.5. The molecule has 0 aromatic heterocycles. The number of nitrogens with zero attached hydrogens (tertiary/aromatic N) is 2. The van der Waals surface area contributed by atoms with Gasteiger partial charge in [-0.1, -0.05) is 35.3 Å². The molecule has 0 fully saturated rings. The van der Waals surface area contributed by atoms with Gasteiger partial charge < -0.3 is 15.1 Å². The minimum Gasteiger partial charge on any atom is -0.378 e. The summed E-state index contributed by atoms with van der Waals surface area (Å²) in [5, 5.41) is 3.28. The summed E-state index contributed by atoms with van der Waals surface area (Å²) in [7, 11) is 5.64. The van der Waals surface area contributed by atoms with Crippen molar-refractivity contribution in [1.82, 2.24) is 10.2 Å². The number of nitrogens with one attached hydrogen (secondary N) is 1. The number of halogens is 2. The van der Waals surface area contributed by atoms with Crippen LogP contribution >= 0.6 is 23.2 Å². The Balaban J connectivity index is 1.89. The normalized spacial score (nSPS) is 10.3. The Labute approximate surface area is 163 Å². The van der Waals surface area contributed by atoms with Gasteiger partial charge in [-0.25, -0.2) is 0 Å². The van der Waals surface area contributed by atoms with Gasteiger partial charge in [0.05, 0.1) is 17.1 Å². The third-order valence-corrected chi connectivity index (χ3v) is 4.42. The van der Waals surface area contributed by atoms with Crippen LogP contribution in [0.15, 0.2) is 42.5 Å². The summed E-state index contributed by atoms with van der Waals surface area (Å²) in [5.74, 6) is -0.608. The lowest BCUT2D eigenvalue weighted by molar-refractivity contribution is -0.129.